The maximum absolute atomic E-state index is 12.5. The first-order valence-corrected chi connectivity index (χ1v) is 11.6. The zero-order valence-electron chi connectivity index (χ0n) is 22.1. The van der Waals surface area contributed by atoms with Gasteiger partial charge in [0, 0.05) is 26.8 Å². The molecular formula is C24H29NO14. The zero-order valence-corrected chi connectivity index (χ0v) is 22.1. The number of carbonyl (C=O) groups excluding carboxylic acids is 5. The Bertz CT molecular complexity index is 1120. The van der Waals surface area contributed by atoms with Crippen molar-refractivity contribution in [3.63, 3.8) is 0 Å². The first-order chi connectivity index (χ1) is 18.2. The average Bonchev–Trinajstić information content (AvgIpc) is 2.84. The molecule has 2 rings (SSSR count). The number of benzene rings is 1. The molecular weight excluding hydrogens is 526 g/mol. The van der Waals surface area contributed by atoms with Gasteiger partial charge < -0.3 is 33.2 Å². The highest BCUT2D eigenvalue weighted by atomic mass is 16.7. The molecule has 0 amide bonds. The number of hydrogen-bond acceptors (Lipinski definition) is 14. The van der Waals surface area contributed by atoms with E-state index < -0.39 is 82.8 Å². The van der Waals surface area contributed by atoms with Crippen molar-refractivity contribution in [1.82, 2.24) is 0 Å². The molecule has 1 aliphatic heterocycles. The molecule has 39 heavy (non-hydrogen) atoms. The predicted molar refractivity (Wildman–Crippen MR) is 126 cm³/mol. The molecule has 1 aromatic rings. The Labute approximate surface area is 222 Å². The second kappa shape index (κ2) is 13.5. The largest absolute Gasteiger partial charge is 0.467 e. The number of methoxy groups -OCH3 is 1. The molecule has 15 heteroatoms. The van der Waals surface area contributed by atoms with Gasteiger partial charge in [-0.3, -0.25) is 29.3 Å². The van der Waals surface area contributed by atoms with Gasteiger partial charge >= 0.3 is 35.5 Å². The number of ether oxygens (including phenoxy) is 7. The maximum Gasteiger partial charge on any atom is 0.339 e. The van der Waals surface area contributed by atoms with Gasteiger partial charge in [0.1, 0.15) is 6.61 Å². The molecule has 1 heterocycles. The summed E-state index contributed by atoms with van der Waals surface area (Å²) in [4.78, 5) is 70.9. The van der Waals surface area contributed by atoms with E-state index in [1.807, 2.05) is 0 Å². The van der Waals surface area contributed by atoms with Gasteiger partial charge in [-0.25, -0.2) is 4.79 Å². The number of esters is 5. The van der Waals surface area contributed by atoms with E-state index in [1.165, 1.54) is 12.1 Å². The van der Waals surface area contributed by atoms with Gasteiger partial charge in [0.05, 0.1) is 18.0 Å². The van der Waals surface area contributed by atoms with E-state index >= 15 is 0 Å². The summed E-state index contributed by atoms with van der Waals surface area (Å²) in [6.07, 6.45) is -8.43. The number of nitro groups is 1. The predicted octanol–water partition coefficient (Wildman–Crippen LogP) is 1.37. The molecule has 1 aromatic carbocycles. The SMILES string of the molecule is COC(=O)[C@H]1O[C@@H](Oc2ccc(COC(=O)C(C)C)cc2[N+](=O)[O-])[C@H](OC(C)=O)[C@@H](OC(C)=O)[C@@H]1OC(C)=O. The van der Waals surface area contributed by atoms with Crippen molar-refractivity contribution in [3.8, 4) is 5.75 Å². The Morgan fingerprint density at radius 3 is 2.03 bits per heavy atom. The summed E-state index contributed by atoms with van der Waals surface area (Å²) >= 11 is 0. The minimum Gasteiger partial charge on any atom is -0.467 e. The van der Waals surface area contributed by atoms with Crippen LogP contribution in [0.1, 0.15) is 40.2 Å². The fraction of sp³-hybridized carbons (Fsp3) is 0.542. The smallest absolute Gasteiger partial charge is 0.339 e. The van der Waals surface area contributed by atoms with E-state index in [9.17, 15) is 34.1 Å². The summed E-state index contributed by atoms with van der Waals surface area (Å²) in [6, 6.07) is 3.65. The fourth-order valence-corrected chi connectivity index (χ4v) is 3.52. The molecule has 0 aliphatic carbocycles. The van der Waals surface area contributed by atoms with Crippen LogP contribution in [0.5, 0.6) is 5.75 Å². The van der Waals surface area contributed by atoms with Crippen LogP contribution in [0.4, 0.5) is 5.69 Å². The molecule has 214 valence electrons. The van der Waals surface area contributed by atoms with Crippen LogP contribution in [-0.4, -0.2) is 72.6 Å². The van der Waals surface area contributed by atoms with E-state index in [0.717, 1.165) is 33.9 Å². The van der Waals surface area contributed by atoms with Crippen LogP contribution in [0, 0.1) is 16.0 Å². The molecule has 1 aliphatic rings. The van der Waals surface area contributed by atoms with Crippen molar-refractivity contribution < 1.29 is 62.1 Å². The summed E-state index contributed by atoms with van der Waals surface area (Å²) in [5.74, 6) is -5.06. The summed E-state index contributed by atoms with van der Waals surface area (Å²) < 4.78 is 36.7. The van der Waals surface area contributed by atoms with Gasteiger partial charge in [0.25, 0.3) is 0 Å². The molecule has 1 fully saturated rings. The summed E-state index contributed by atoms with van der Waals surface area (Å²) in [5, 5.41) is 11.8. The first kappa shape index (κ1) is 31.0. The highest BCUT2D eigenvalue weighted by Crippen LogP contribution is 2.35. The molecule has 1 saturated heterocycles. The molecule has 0 unspecified atom stereocenters. The van der Waals surface area contributed by atoms with Crippen LogP contribution in [0.2, 0.25) is 0 Å². The lowest BCUT2D eigenvalue weighted by molar-refractivity contribution is -0.387. The first-order valence-electron chi connectivity index (χ1n) is 11.6. The average molecular weight is 555 g/mol. The Kier molecular flexibility index (Phi) is 10.7. The Morgan fingerprint density at radius 2 is 1.51 bits per heavy atom. The van der Waals surface area contributed by atoms with E-state index in [-0.39, 0.29) is 12.2 Å². The Balaban J connectivity index is 2.52. The highest BCUT2D eigenvalue weighted by molar-refractivity contribution is 5.77. The number of carbonyl (C=O) groups is 5. The van der Waals surface area contributed by atoms with Crippen molar-refractivity contribution in [1.29, 1.82) is 0 Å². The van der Waals surface area contributed by atoms with E-state index in [1.54, 1.807) is 13.8 Å². The van der Waals surface area contributed by atoms with E-state index in [0.29, 0.717) is 0 Å². The van der Waals surface area contributed by atoms with Gasteiger partial charge in [-0.15, -0.1) is 0 Å². The summed E-state index contributed by atoms with van der Waals surface area (Å²) in [6.45, 7) is 6.06. The van der Waals surface area contributed by atoms with Crippen molar-refractivity contribution in [2.45, 2.75) is 71.9 Å². The summed E-state index contributed by atoms with van der Waals surface area (Å²) in [7, 11) is 1.01. The normalized spacial score (nSPS) is 22.3. The third kappa shape index (κ3) is 8.36. The van der Waals surface area contributed by atoms with Crippen LogP contribution < -0.4 is 4.74 Å². The Morgan fingerprint density at radius 1 is 0.949 bits per heavy atom. The van der Waals surface area contributed by atoms with Crippen LogP contribution in [0.3, 0.4) is 0 Å². The minimum absolute atomic E-state index is 0.253. The summed E-state index contributed by atoms with van der Waals surface area (Å²) in [5.41, 5.74) is -0.316. The molecule has 0 N–H and O–H groups in total. The third-order valence-electron chi connectivity index (χ3n) is 5.15. The molecule has 0 saturated carbocycles. The van der Waals surface area contributed by atoms with E-state index in [2.05, 4.69) is 0 Å². The third-order valence-corrected chi connectivity index (χ3v) is 5.15. The maximum atomic E-state index is 12.5. The van der Waals surface area contributed by atoms with Gasteiger partial charge in [-0.1, -0.05) is 19.9 Å². The van der Waals surface area contributed by atoms with Crippen LogP contribution >= 0.6 is 0 Å². The topological polar surface area (TPSA) is 193 Å². The van der Waals surface area contributed by atoms with Crippen LogP contribution in [-0.2, 0) is 59.0 Å². The van der Waals surface area contributed by atoms with Gasteiger partial charge in [-0.2, -0.15) is 0 Å². The second-order valence-corrected chi connectivity index (χ2v) is 8.61. The van der Waals surface area contributed by atoms with E-state index in [4.69, 9.17) is 33.2 Å². The molecule has 15 nitrogen and oxygen atoms in total. The fourth-order valence-electron chi connectivity index (χ4n) is 3.52. The lowest BCUT2D eigenvalue weighted by Gasteiger charge is -2.42. The van der Waals surface area contributed by atoms with Crippen molar-refractivity contribution in [3.05, 3.63) is 33.9 Å². The standard InChI is InChI=1S/C24H29NO14/c1-11(2)22(29)34-10-15-7-8-17(16(9-15)25(31)32)38-24-21(37-14(5)28)19(36-13(4)27)18(35-12(3)26)20(39-24)23(30)33-6/h7-9,11,18-21,24H,10H2,1-6H3/t18-,19-,20-,21+,24+/m0/s1. The monoisotopic (exact) mass is 555 g/mol. The lowest BCUT2D eigenvalue weighted by Crippen LogP contribution is -2.64. The number of rotatable bonds is 10. The van der Waals surface area contributed by atoms with Crippen LogP contribution in [0.15, 0.2) is 18.2 Å². The highest BCUT2D eigenvalue weighted by Gasteiger charge is 2.56. The van der Waals surface area contributed by atoms with Crippen molar-refractivity contribution in [2.75, 3.05) is 7.11 Å². The van der Waals surface area contributed by atoms with Crippen molar-refractivity contribution in [2.24, 2.45) is 5.92 Å². The minimum atomic E-state index is -1.78. The zero-order chi connectivity index (χ0) is 29.4. The Hall–Kier alpha value is -4.27. The molecule has 5 atom stereocenters. The number of nitrogens with zero attached hydrogens (tertiary/aromatic N) is 1. The molecule has 0 aromatic heterocycles. The number of hydrogen-bond donors (Lipinski definition) is 0. The van der Waals surface area contributed by atoms with Gasteiger partial charge in [0.15, 0.2) is 24.1 Å². The van der Waals surface area contributed by atoms with Crippen molar-refractivity contribution >= 4 is 35.5 Å². The second-order valence-electron chi connectivity index (χ2n) is 8.61. The lowest BCUT2D eigenvalue weighted by atomic mass is 9.97. The van der Waals surface area contributed by atoms with Gasteiger partial charge in [0.2, 0.25) is 12.4 Å². The molecule has 0 bridgehead atoms. The van der Waals surface area contributed by atoms with Crippen LogP contribution in [0.25, 0.3) is 0 Å². The molecule has 0 spiro atoms. The quantitative estimate of drug-likeness (QED) is 0.174. The van der Waals surface area contributed by atoms with Gasteiger partial charge in [-0.05, 0) is 11.6 Å². The molecule has 0 radical (unpaired) electrons. The number of nitro benzene ring substituents is 1.